The zero-order valence-corrected chi connectivity index (χ0v) is 16.0. The molecule has 0 saturated heterocycles. The standard InChI is InChI=1S/C21H17F3O6/c1-3-9-27-20(26)29-14-7-8-15-16(11-14)30-19(21(22,23)24)18(17(15)25)28-13-6-4-5-12(2)10-13/h4-8,10-11H,3,9H2,1-2H3. The zero-order chi connectivity index (χ0) is 21.9. The van der Waals surface area contributed by atoms with Gasteiger partial charge in [0, 0.05) is 6.07 Å². The number of benzene rings is 2. The van der Waals surface area contributed by atoms with Crippen molar-refractivity contribution in [2.75, 3.05) is 6.61 Å². The van der Waals surface area contributed by atoms with Gasteiger partial charge in [-0.3, -0.25) is 4.79 Å². The molecule has 0 aliphatic rings. The Kier molecular flexibility index (Phi) is 6.00. The summed E-state index contributed by atoms with van der Waals surface area (Å²) in [6.45, 7) is 3.64. The van der Waals surface area contributed by atoms with E-state index in [1.165, 1.54) is 24.3 Å². The number of halogens is 3. The highest BCUT2D eigenvalue weighted by Crippen LogP contribution is 2.38. The van der Waals surface area contributed by atoms with Crippen LogP contribution in [0.25, 0.3) is 11.0 Å². The molecule has 0 radical (unpaired) electrons. The summed E-state index contributed by atoms with van der Waals surface area (Å²) in [5.74, 6) is -2.64. The maximum atomic E-state index is 13.6. The van der Waals surface area contributed by atoms with Crippen LogP contribution in [0.5, 0.6) is 17.2 Å². The minimum absolute atomic E-state index is 0.0609. The molecule has 0 fully saturated rings. The van der Waals surface area contributed by atoms with E-state index in [0.29, 0.717) is 6.42 Å². The molecule has 3 rings (SSSR count). The number of fused-ring (bicyclic) bond motifs is 1. The Morgan fingerprint density at radius 2 is 1.87 bits per heavy atom. The van der Waals surface area contributed by atoms with E-state index in [9.17, 15) is 22.8 Å². The third kappa shape index (κ3) is 4.73. The average Bonchev–Trinajstić information content (AvgIpc) is 2.67. The Balaban J connectivity index is 2.06. The third-order valence-electron chi connectivity index (χ3n) is 3.91. The van der Waals surface area contributed by atoms with Crippen LogP contribution in [-0.4, -0.2) is 12.8 Å². The van der Waals surface area contributed by atoms with Gasteiger partial charge >= 0.3 is 12.3 Å². The molecule has 1 aromatic heterocycles. The number of ether oxygens (including phenoxy) is 3. The second kappa shape index (κ2) is 8.48. The highest BCUT2D eigenvalue weighted by atomic mass is 19.4. The predicted molar refractivity (Wildman–Crippen MR) is 101 cm³/mol. The lowest BCUT2D eigenvalue weighted by molar-refractivity contribution is -0.154. The van der Waals surface area contributed by atoms with Crippen molar-refractivity contribution < 1.29 is 36.6 Å². The zero-order valence-electron chi connectivity index (χ0n) is 16.0. The molecule has 0 unspecified atom stereocenters. The third-order valence-corrected chi connectivity index (χ3v) is 3.91. The largest absolute Gasteiger partial charge is 0.513 e. The molecule has 0 aliphatic carbocycles. The van der Waals surface area contributed by atoms with Crippen molar-refractivity contribution >= 4 is 17.1 Å². The first-order valence-corrected chi connectivity index (χ1v) is 8.96. The van der Waals surface area contributed by atoms with Crippen molar-refractivity contribution in [1.29, 1.82) is 0 Å². The van der Waals surface area contributed by atoms with E-state index in [2.05, 4.69) is 0 Å². The van der Waals surface area contributed by atoms with Gasteiger partial charge in [0.1, 0.15) is 17.1 Å². The molecule has 6 nitrogen and oxygen atoms in total. The van der Waals surface area contributed by atoms with Gasteiger partial charge in [0.05, 0.1) is 12.0 Å². The molecule has 0 bridgehead atoms. The second-order valence-electron chi connectivity index (χ2n) is 6.36. The fraction of sp³-hybridized carbons (Fsp3) is 0.238. The van der Waals surface area contributed by atoms with E-state index < -0.39 is 34.9 Å². The van der Waals surface area contributed by atoms with E-state index in [-0.39, 0.29) is 23.5 Å². The molecule has 0 spiro atoms. The summed E-state index contributed by atoms with van der Waals surface area (Å²) < 4.78 is 60.6. The Morgan fingerprint density at radius 1 is 1.10 bits per heavy atom. The summed E-state index contributed by atoms with van der Waals surface area (Å²) in [6.07, 6.45) is -5.45. The van der Waals surface area contributed by atoms with Crippen LogP contribution >= 0.6 is 0 Å². The quantitative estimate of drug-likeness (QED) is 0.380. The van der Waals surface area contributed by atoms with Crippen LogP contribution in [0.15, 0.2) is 51.7 Å². The Hall–Kier alpha value is -3.49. The molecule has 0 saturated carbocycles. The molecule has 3 aromatic rings. The normalized spacial score (nSPS) is 11.4. The van der Waals surface area contributed by atoms with Gasteiger partial charge in [-0.15, -0.1) is 0 Å². The van der Waals surface area contributed by atoms with Gasteiger partial charge in [0.15, 0.2) is 0 Å². The predicted octanol–water partition coefficient (Wildman–Crippen LogP) is 5.84. The van der Waals surface area contributed by atoms with E-state index in [0.717, 1.165) is 11.6 Å². The van der Waals surface area contributed by atoms with Crippen molar-refractivity contribution in [3.8, 4) is 17.2 Å². The Bertz CT molecular complexity index is 1130. The molecule has 0 amide bonds. The highest BCUT2D eigenvalue weighted by molar-refractivity contribution is 5.80. The van der Waals surface area contributed by atoms with Crippen LogP contribution in [0.3, 0.4) is 0 Å². The van der Waals surface area contributed by atoms with Gasteiger partial charge < -0.3 is 18.6 Å². The monoisotopic (exact) mass is 422 g/mol. The van der Waals surface area contributed by atoms with Gasteiger partial charge in [0.2, 0.25) is 11.2 Å². The van der Waals surface area contributed by atoms with Gasteiger partial charge in [-0.05, 0) is 43.2 Å². The lowest BCUT2D eigenvalue weighted by atomic mass is 10.2. The van der Waals surface area contributed by atoms with Crippen LogP contribution in [0.4, 0.5) is 18.0 Å². The fourth-order valence-electron chi connectivity index (χ4n) is 2.61. The van der Waals surface area contributed by atoms with Crippen molar-refractivity contribution in [3.05, 3.63) is 64.0 Å². The summed E-state index contributed by atoms with van der Waals surface area (Å²) in [4.78, 5) is 24.3. The number of aryl methyl sites for hydroxylation is 1. The molecule has 9 heteroatoms. The molecular weight excluding hydrogens is 405 g/mol. The van der Waals surface area contributed by atoms with E-state index >= 15 is 0 Å². The molecule has 0 N–H and O–H groups in total. The topological polar surface area (TPSA) is 75.0 Å². The second-order valence-corrected chi connectivity index (χ2v) is 6.36. The summed E-state index contributed by atoms with van der Waals surface area (Å²) in [5, 5.41) is -0.167. The first kappa shape index (κ1) is 21.2. The van der Waals surface area contributed by atoms with Crippen LogP contribution < -0.4 is 14.9 Å². The lowest BCUT2D eigenvalue weighted by Crippen LogP contribution is -2.16. The van der Waals surface area contributed by atoms with E-state index in [1.54, 1.807) is 26.0 Å². The maximum absolute atomic E-state index is 13.6. The summed E-state index contributed by atoms with van der Waals surface area (Å²) >= 11 is 0. The lowest BCUT2D eigenvalue weighted by Gasteiger charge is -2.14. The van der Waals surface area contributed by atoms with E-state index in [4.69, 9.17) is 18.6 Å². The molecular formula is C21H17F3O6. The number of carbonyl (C=O) groups is 1. The SMILES string of the molecule is CCCOC(=O)Oc1ccc2c(=O)c(Oc3cccc(C)c3)c(C(F)(F)F)oc2c1. The average molecular weight is 422 g/mol. The minimum atomic E-state index is -5.00. The number of hydrogen-bond donors (Lipinski definition) is 0. The highest BCUT2D eigenvalue weighted by Gasteiger charge is 2.40. The first-order chi connectivity index (χ1) is 14.2. The van der Waals surface area contributed by atoms with Gasteiger partial charge in [-0.2, -0.15) is 13.2 Å². The fourth-order valence-corrected chi connectivity index (χ4v) is 2.61. The van der Waals surface area contributed by atoms with Crippen molar-refractivity contribution in [1.82, 2.24) is 0 Å². The van der Waals surface area contributed by atoms with Gasteiger partial charge in [0.25, 0.3) is 5.76 Å². The summed E-state index contributed by atoms with van der Waals surface area (Å²) in [6, 6.07) is 9.67. The molecule has 0 atom stereocenters. The van der Waals surface area contributed by atoms with Gasteiger partial charge in [-0.25, -0.2) is 4.79 Å². The summed E-state index contributed by atoms with van der Waals surface area (Å²) in [7, 11) is 0. The Morgan fingerprint density at radius 3 is 2.53 bits per heavy atom. The van der Waals surface area contributed by atoms with E-state index in [1.807, 2.05) is 0 Å². The molecule has 1 heterocycles. The first-order valence-electron chi connectivity index (χ1n) is 8.96. The molecule has 0 aliphatic heterocycles. The molecule has 2 aromatic carbocycles. The molecule has 158 valence electrons. The number of alkyl halides is 3. The maximum Gasteiger partial charge on any atom is 0.513 e. The van der Waals surface area contributed by atoms with Crippen LogP contribution in [0.2, 0.25) is 0 Å². The van der Waals surface area contributed by atoms with Crippen molar-refractivity contribution in [3.63, 3.8) is 0 Å². The number of hydrogen-bond acceptors (Lipinski definition) is 6. The van der Waals surface area contributed by atoms with Crippen molar-refractivity contribution in [2.24, 2.45) is 0 Å². The van der Waals surface area contributed by atoms with Gasteiger partial charge in [-0.1, -0.05) is 19.1 Å². The Labute approximate surface area is 168 Å². The van der Waals surface area contributed by atoms with Crippen LogP contribution in [0.1, 0.15) is 24.7 Å². The minimum Gasteiger partial charge on any atom is -0.449 e. The smallest absolute Gasteiger partial charge is 0.449 e. The number of carbonyl (C=O) groups excluding carboxylic acids is 1. The van der Waals surface area contributed by atoms with Crippen molar-refractivity contribution in [2.45, 2.75) is 26.4 Å². The summed E-state index contributed by atoms with van der Waals surface area (Å²) in [5.41, 5.74) is -0.683. The van der Waals surface area contributed by atoms with Crippen LogP contribution in [-0.2, 0) is 10.9 Å². The van der Waals surface area contributed by atoms with Crippen LogP contribution in [0, 0.1) is 6.92 Å². The number of rotatable bonds is 5. The molecule has 30 heavy (non-hydrogen) atoms.